The molecule has 3 aromatic carbocycles. The van der Waals surface area contributed by atoms with Gasteiger partial charge in [-0.2, -0.15) is 0 Å². The van der Waals surface area contributed by atoms with E-state index >= 15 is 0 Å². The Bertz CT molecular complexity index is 1420. The second-order valence-electron chi connectivity index (χ2n) is 10.4. The highest BCUT2D eigenvalue weighted by Gasteiger charge is 2.40. The van der Waals surface area contributed by atoms with Gasteiger partial charge < -0.3 is 0 Å². The Kier molecular flexibility index (Phi) is 7.92. The number of carbonyl (C=O) groups excluding carboxylic acids is 2. The molecule has 0 spiro atoms. The van der Waals surface area contributed by atoms with Crippen LogP contribution in [0, 0.1) is 5.92 Å². The third kappa shape index (κ3) is 5.58. The minimum atomic E-state index is -0.0349. The van der Waals surface area contributed by atoms with Gasteiger partial charge >= 0.3 is 0 Å². The second-order valence-corrected chi connectivity index (χ2v) is 10.4. The van der Waals surface area contributed by atoms with Crippen LogP contribution in [0.3, 0.4) is 0 Å². The van der Waals surface area contributed by atoms with Crippen molar-refractivity contribution < 1.29 is 14.2 Å². The van der Waals surface area contributed by atoms with E-state index in [9.17, 15) is 9.59 Å². The van der Waals surface area contributed by atoms with Crippen molar-refractivity contribution in [1.82, 2.24) is 0 Å². The molecule has 3 aromatic rings. The first-order valence-corrected chi connectivity index (χ1v) is 13.9. The van der Waals surface area contributed by atoms with Crippen LogP contribution in [0.25, 0.3) is 10.8 Å². The maximum Gasteiger partial charge on any atom is 0.269 e. The lowest BCUT2D eigenvalue weighted by Gasteiger charge is -2.19. The predicted molar refractivity (Wildman–Crippen MR) is 151 cm³/mol. The van der Waals surface area contributed by atoms with E-state index in [4.69, 9.17) is 0 Å². The van der Waals surface area contributed by atoms with Crippen LogP contribution < -0.4 is 0 Å². The van der Waals surface area contributed by atoms with Crippen molar-refractivity contribution in [3.05, 3.63) is 101 Å². The molecule has 1 atom stereocenters. The van der Waals surface area contributed by atoms with E-state index in [1.807, 2.05) is 16.7 Å². The number of allylic oxidation sites excluding steroid dienone is 3. The fraction of sp³-hybridized carbons (Fsp3) is 0.353. The highest BCUT2D eigenvalue weighted by Crippen LogP contribution is 2.33. The Morgan fingerprint density at radius 3 is 2.32 bits per heavy atom. The number of fused-ring (bicyclic) bond motifs is 2. The third-order valence-electron chi connectivity index (χ3n) is 7.75. The minimum absolute atomic E-state index is 0.00551. The highest BCUT2D eigenvalue weighted by atomic mass is 16.1. The van der Waals surface area contributed by atoms with Gasteiger partial charge in [0.05, 0.1) is 5.57 Å². The summed E-state index contributed by atoms with van der Waals surface area (Å²) in [6.45, 7) is 2.95. The summed E-state index contributed by atoms with van der Waals surface area (Å²) in [6, 6.07) is 22.4. The zero-order valence-electron chi connectivity index (χ0n) is 21.8. The van der Waals surface area contributed by atoms with Gasteiger partial charge in [-0.15, -0.1) is 4.58 Å². The molecule has 3 nitrogen and oxygen atoms in total. The molecule has 37 heavy (non-hydrogen) atoms. The normalized spacial score (nSPS) is 17.0. The molecule has 0 N–H and O–H groups in total. The van der Waals surface area contributed by atoms with Crippen molar-refractivity contribution in [2.45, 2.75) is 64.7 Å². The van der Waals surface area contributed by atoms with Crippen LogP contribution in [0.1, 0.15) is 84.6 Å². The summed E-state index contributed by atoms with van der Waals surface area (Å²) in [5.74, 6) is 3.59. The van der Waals surface area contributed by atoms with Gasteiger partial charge in [0, 0.05) is 23.6 Å². The van der Waals surface area contributed by atoms with Crippen LogP contribution in [0.4, 0.5) is 0 Å². The molecule has 1 aliphatic carbocycles. The molecule has 0 aromatic heterocycles. The van der Waals surface area contributed by atoms with E-state index < -0.39 is 0 Å². The Balaban J connectivity index is 1.39. The summed E-state index contributed by atoms with van der Waals surface area (Å²) >= 11 is 0. The van der Waals surface area contributed by atoms with Gasteiger partial charge in [0.2, 0.25) is 0 Å². The standard InChI is InChI=1S/C34H36NO2/c1-2-3-4-5-6-11-21-35-22-20-26(17-16-25-18-19-27-12-7-8-13-28(27)23-25)24-31-32(35)34(37)30-15-10-9-14-29(30)33(31)36/h7-10,12-15,18-20,23,26H,2-6,11,16-17,21,24H2,1H3/q+1. The zero-order valence-corrected chi connectivity index (χ0v) is 21.8. The van der Waals surface area contributed by atoms with Crippen LogP contribution in [0.2, 0.25) is 0 Å². The van der Waals surface area contributed by atoms with Crippen molar-refractivity contribution in [2.24, 2.45) is 5.92 Å². The summed E-state index contributed by atoms with van der Waals surface area (Å²) in [7, 11) is 0. The first-order valence-electron chi connectivity index (χ1n) is 13.9. The van der Waals surface area contributed by atoms with Crippen LogP contribution in [-0.4, -0.2) is 28.6 Å². The van der Waals surface area contributed by atoms with Gasteiger partial charge in [0.15, 0.2) is 18.2 Å². The highest BCUT2D eigenvalue weighted by molar-refractivity contribution is 6.26. The van der Waals surface area contributed by atoms with Gasteiger partial charge in [0.25, 0.3) is 11.5 Å². The second kappa shape index (κ2) is 11.7. The smallest absolute Gasteiger partial charge is 0.269 e. The summed E-state index contributed by atoms with van der Waals surface area (Å²) in [5, 5.41) is 2.50. The Morgan fingerprint density at radius 1 is 0.811 bits per heavy atom. The van der Waals surface area contributed by atoms with Gasteiger partial charge in [-0.1, -0.05) is 99.3 Å². The number of hydrogen-bond acceptors (Lipinski definition) is 2. The molecule has 1 aliphatic heterocycles. The van der Waals surface area contributed by atoms with Gasteiger partial charge in [-0.05, 0) is 47.9 Å². The lowest BCUT2D eigenvalue weighted by molar-refractivity contribution is -0.463. The number of Topliss-reactive ketones (excluding diaryl/α,β-unsaturated/α-hetero) is 2. The quantitative estimate of drug-likeness (QED) is 0.215. The summed E-state index contributed by atoms with van der Waals surface area (Å²) < 4.78 is 1.96. The van der Waals surface area contributed by atoms with Crippen molar-refractivity contribution >= 4 is 28.2 Å². The van der Waals surface area contributed by atoms with Crippen molar-refractivity contribution in [3.8, 4) is 0 Å². The maximum absolute atomic E-state index is 13.6. The Morgan fingerprint density at radius 2 is 1.51 bits per heavy atom. The molecule has 0 amide bonds. The van der Waals surface area contributed by atoms with Crippen LogP contribution in [-0.2, 0) is 6.42 Å². The largest absolute Gasteiger partial charge is 0.289 e. The average molecular weight is 491 g/mol. The molecule has 0 saturated carbocycles. The molecule has 2 aliphatic rings. The fourth-order valence-electron chi connectivity index (χ4n) is 5.63. The molecule has 3 heteroatoms. The SMILES string of the molecule is CCCCCCCC[N+]1=C=CC(CCc2ccc3ccccc3c2)CC2=C1C(=O)c1ccccc1C2=O. The third-order valence-corrected chi connectivity index (χ3v) is 7.75. The summed E-state index contributed by atoms with van der Waals surface area (Å²) in [6.07, 6.45) is 11.6. The molecule has 0 fully saturated rings. The molecule has 0 radical (unpaired) electrons. The van der Waals surface area contributed by atoms with E-state index in [0.717, 1.165) is 32.2 Å². The fourth-order valence-corrected chi connectivity index (χ4v) is 5.63. The maximum atomic E-state index is 13.6. The average Bonchev–Trinajstić information content (AvgIpc) is 3.12. The lowest BCUT2D eigenvalue weighted by Crippen LogP contribution is -2.29. The molecule has 188 valence electrons. The predicted octanol–water partition coefficient (Wildman–Crippen LogP) is 7.72. The first-order chi connectivity index (χ1) is 18.2. The first kappa shape index (κ1) is 25.1. The van der Waals surface area contributed by atoms with E-state index in [-0.39, 0.29) is 17.5 Å². The van der Waals surface area contributed by atoms with E-state index in [2.05, 4.69) is 61.3 Å². The van der Waals surface area contributed by atoms with Gasteiger partial charge in [-0.25, -0.2) is 0 Å². The molecule has 0 bridgehead atoms. The number of nitrogens with zero attached hydrogens (tertiary/aromatic N) is 1. The molecule has 0 saturated heterocycles. The van der Waals surface area contributed by atoms with Crippen molar-refractivity contribution in [1.29, 1.82) is 0 Å². The van der Waals surface area contributed by atoms with Crippen LogP contribution >= 0.6 is 0 Å². The molecule has 1 heterocycles. The number of aryl methyl sites for hydroxylation is 1. The van der Waals surface area contributed by atoms with E-state index in [1.54, 1.807) is 12.1 Å². The van der Waals surface area contributed by atoms with Gasteiger partial charge in [0.1, 0.15) is 0 Å². The summed E-state index contributed by atoms with van der Waals surface area (Å²) in [4.78, 5) is 27.3. The number of hydrogen-bond donors (Lipinski definition) is 0. The number of unbranched alkanes of at least 4 members (excludes halogenated alkanes) is 5. The monoisotopic (exact) mass is 490 g/mol. The molecular formula is C34H36NO2+. The molecule has 1 unspecified atom stereocenters. The Hall–Kier alpha value is -3.55. The lowest BCUT2D eigenvalue weighted by atomic mass is 9.82. The van der Waals surface area contributed by atoms with Gasteiger partial charge in [-0.3, -0.25) is 9.59 Å². The number of benzene rings is 3. The van der Waals surface area contributed by atoms with E-state index in [0.29, 0.717) is 28.8 Å². The topological polar surface area (TPSA) is 37.1 Å². The molecular weight excluding hydrogens is 454 g/mol. The van der Waals surface area contributed by atoms with Crippen LogP contribution in [0.5, 0.6) is 0 Å². The number of ketones is 2. The van der Waals surface area contributed by atoms with E-state index in [1.165, 1.54) is 42.0 Å². The van der Waals surface area contributed by atoms with Crippen molar-refractivity contribution in [3.63, 3.8) is 0 Å². The molecule has 5 rings (SSSR count). The summed E-state index contributed by atoms with van der Waals surface area (Å²) in [5.41, 5.74) is 3.59. The van der Waals surface area contributed by atoms with Crippen molar-refractivity contribution in [2.75, 3.05) is 6.54 Å². The Labute approximate surface area is 220 Å². The zero-order chi connectivity index (χ0) is 25.6. The van der Waals surface area contributed by atoms with Crippen LogP contribution in [0.15, 0.2) is 84.1 Å². The number of rotatable bonds is 10. The number of carbonyl (C=O) groups is 2. The minimum Gasteiger partial charge on any atom is -0.289 e.